The van der Waals surface area contributed by atoms with Crippen LogP contribution < -0.4 is 67.4 Å². The van der Waals surface area contributed by atoms with Crippen LogP contribution in [-0.4, -0.2) is 238 Å². The number of Topliss-reactive ketones (excluding diaryl/α,β-unsaturated/α-hetero) is 4. The number of nitrogens with one attached hydrogen (secondary N) is 1. The highest BCUT2D eigenvalue weighted by molar-refractivity contribution is 6.38. The number of hydrogen-bond donors (Lipinski definition) is 4. The third-order valence-corrected chi connectivity index (χ3v) is 25.5. The lowest BCUT2D eigenvalue weighted by Crippen LogP contribution is -2.51. The number of carboxylic acid groups (broad SMARTS) is 1. The molecule has 19 rings (SSSR count). The maximum atomic E-state index is 15.0. The number of aromatic carboxylic acids is 1. The Morgan fingerprint density at radius 2 is 0.955 bits per heavy atom. The molecule has 0 radical (unpaired) electrons. The van der Waals surface area contributed by atoms with Crippen molar-refractivity contribution in [2.75, 3.05) is 175 Å². The van der Waals surface area contributed by atoms with Gasteiger partial charge in [-0.3, -0.25) is 47.7 Å². The van der Waals surface area contributed by atoms with Gasteiger partial charge in [0.1, 0.15) is 46.8 Å². The summed E-state index contributed by atoms with van der Waals surface area (Å²) < 4.78 is 130. The molecule has 0 amide bonds. The van der Waals surface area contributed by atoms with Crippen molar-refractivity contribution >= 4 is 130 Å². The summed E-state index contributed by atoms with van der Waals surface area (Å²) >= 11 is 6.42. The normalized spacial score (nSPS) is 16.6. The molecule has 12 aromatic rings. The van der Waals surface area contributed by atoms with E-state index in [1.54, 1.807) is 39.6 Å². The van der Waals surface area contributed by atoms with Gasteiger partial charge >= 0.3 is 5.97 Å². The second-order valence-corrected chi connectivity index (χ2v) is 34.6. The van der Waals surface area contributed by atoms with Crippen LogP contribution in [0.25, 0.3) is 66.2 Å². The smallest absolute Gasteiger partial charge is 0.341 e. The first-order valence-corrected chi connectivity index (χ1v) is 44.2. The molecule has 13 heterocycles. The second-order valence-electron chi connectivity index (χ2n) is 34.2. The van der Waals surface area contributed by atoms with Crippen LogP contribution in [0.4, 0.5) is 69.5 Å². The maximum absolute atomic E-state index is 15.0. The highest BCUT2D eigenvalue weighted by Crippen LogP contribution is 2.44. The molecule has 7 aromatic heterocycles. The number of piperazine rings is 4. The number of aliphatic hydroxyl groups is 1. The van der Waals surface area contributed by atoms with E-state index in [9.17, 15) is 88.9 Å². The molecule has 1 unspecified atom stereocenters. The number of aliphatic hydroxyl groups excluding tert-OH is 1. The van der Waals surface area contributed by atoms with E-state index in [2.05, 4.69) is 36.9 Å². The van der Waals surface area contributed by atoms with Gasteiger partial charge in [0, 0.05) is 184 Å². The Labute approximate surface area is 765 Å². The minimum atomic E-state index is -1.27. The molecule has 6 fully saturated rings. The molecule has 134 heavy (non-hydrogen) atoms. The topological polar surface area (TPSA) is 335 Å². The first kappa shape index (κ1) is 95.3. The number of ether oxygens (including phenoxy) is 1. The number of nitrogen functional groups attached to an aromatic ring is 1. The van der Waals surface area contributed by atoms with E-state index in [4.69, 9.17) is 22.1 Å². The molecule has 1 aliphatic carbocycles. The standard InChI is InChI=1S/C22H21F2N3O2.C19H14ClF3N4O3.2C19H22FN3O3.C16H19FN4O2/c1-14(28)18-13-27(16-5-3-15(23)4-6-16)20-12-21(19(24)11-17(20)22(18)29)26-9-7-25(2)8-10-26;1-7(28)10-6-27(19-13(23)3-12(22)18(24)25-19)15-9(17(10)30)2-11(21)16(14(15)20)26-4-8(29)5-26;1-11-10-26-19-16-13(18(25)14(12(2)24)9-23(11)16)8-15(20)17(19)22-6-4-21(3)5-7-22;1-2-21-5-7-22(8-6-21)17-10-16-13(9-15(17)20)18(24)14(19(25)26)11-23(16)12-3-4-12;1-3-20-9-12(10(2)22)14(23)11-8-13(17)16(19-15(11)20)21-6-4-18-5-7-21/h3-6,11-13H,7-10H2,1-2H3;2-3,6,8,29H,4-5H2,1H3,(H2,24,25);8-9,11H,4-7,10H2,1-3H3;9-12H,2-8H2,1H3,(H,25,26);8-9,18H,3-7H2,1-2H3. The molecule has 39 heteroatoms. The number of hydrogen-bond acceptors (Lipinski definition) is 24. The summed E-state index contributed by atoms with van der Waals surface area (Å²) in [4.78, 5) is 146. The molecular weight excluding hydrogens is 1770 g/mol. The van der Waals surface area contributed by atoms with Crippen molar-refractivity contribution in [3.05, 3.63) is 234 Å². The van der Waals surface area contributed by atoms with Crippen molar-refractivity contribution in [2.45, 2.75) is 86.0 Å². The van der Waals surface area contributed by atoms with E-state index in [-0.39, 0.29) is 114 Å². The molecule has 5 N–H and O–H groups in total. The van der Waals surface area contributed by atoms with Crippen LogP contribution in [0.3, 0.4) is 0 Å². The van der Waals surface area contributed by atoms with Gasteiger partial charge in [0.25, 0.3) is 0 Å². The molecule has 5 saturated heterocycles. The number of ketones is 4. The summed E-state index contributed by atoms with van der Waals surface area (Å²) in [5.74, 6) is -8.89. The molecule has 30 nitrogen and oxygen atoms in total. The van der Waals surface area contributed by atoms with Gasteiger partial charge in [0.15, 0.2) is 85.9 Å². The third-order valence-electron chi connectivity index (χ3n) is 25.2. The fraction of sp³-hybridized carbons (Fsp3) is 0.368. The van der Waals surface area contributed by atoms with Crippen LogP contribution in [-0.2, 0) is 6.54 Å². The highest BCUT2D eigenvalue weighted by atomic mass is 35.5. The summed E-state index contributed by atoms with van der Waals surface area (Å²) in [6.07, 6.45) is 8.20. The van der Waals surface area contributed by atoms with Crippen molar-refractivity contribution in [3.63, 3.8) is 0 Å². The number of carbonyl (C=O) groups is 5. The number of fused-ring (bicyclic) bond motifs is 4. The summed E-state index contributed by atoms with van der Waals surface area (Å²) in [7, 11) is 4.06. The number of carboxylic acids is 1. The largest absolute Gasteiger partial charge is 0.487 e. The molecule has 6 aliphatic heterocycles. The Hall–Kier alpha value is -13.3. The van der Waals surface area contributed by atoms with Crippen LogP contribution in [0.5, 0.6) is 5.75 Å². The Bertz CT molecular complexity index is 7080. The number of likely N-dealkylation sites (N-methyl/N-ethyl adjacent to an activating group) is 3. The monoisotopic (exact) mass is 1870 g/mol. The van der Waals surface area contributed by atoms with Crippen LogP contribution in [0.15, 0.2) is 128 Å². The zero-order valence-corrected chi connectivity index (χ0v) is 75.6. The van der Waals surface area contributed by atoms with E-state index < -0.39 is 109 Å². The average molecular weight is 1870 g/mol. The Morgan fingerprint density at radius 3 is 1.50 bits per heavy atom. The molecule has 1 saturated carbocycles. The SMILES string of the molecule is CC(=O)c1cn(-c2ccc(F)cc2)c2cc(N3CCN(C)CC3)c(F)cc2c1=O.CC(=O)c1cn(-c2nc(N)c(F)cc2F)c2c(Cl)c(N3CC(O)C3)c(F)cc2c1=O.CC(=O)c1cn2c3c(c(N4CCN(C)CC4)c(F)cc3c1=O)OCC2C.CCN1CCN(c2cc3c(cc2F)c(=O)c(C(=O)O)cn3C2CC2)CC1.CCn1cc(C(C)=O)c(=O)c2cc(F)c(N3CCNCC3)nc21. The quantitative estimate of drug-likeness (QED) is 0.0547. The number of carbonyl (C=O) groups excluding carboxylic acids is 4. The molecule has 5 aromatic carbocycles. The molecule has 0 bridgehead atoms. The fourth-order valence-corrected chi connectivity index (χ4v) is 17.8. The number of rotatable bonds is 15. The van der Waals surface area contributed by atoms with Gasteiger partial charge in [-0.25, -0.2) is 49.9 Å². The van der Waals surface area contributed by atoms with Crippen molar-refractivity contribution < 1.29 is 74.0 Å². The third kappa shape index (κ3) is 18.9. The number of nitrogens with two attached hydrogens (primary N) is 1. The summed E-state index contributed by atoms with van der Waals surface area (Å²) in [6.45, 7) is 25.3. The van der Waals surface area contributed by atoms with Gasteiger partial charge in [-0.05, 0) is 142 Å². The zero-order valence-electron chi connectivity index (χ0n) is 74.9. The molecule has 7 aliphatic rings. The van der Waals surface area contributed by atoms with E-state index in [1.807, 2.05) is 56.7 Å². The van der Waals surface area contributed by atoms with Gasteiger partial charge in [0.2, 0.25) is 10.9 Å². The number of nitrogens with zero attached hydrogens (tertiary/aromatic N) is 15. The summed E-state index contributed by atoms with van der Waals surface area (Å²) in [5.41, 5.74) is 5.83. The second kappa shape index (κ2) is 39.1. The summed E-state index contributed by atoms with van der Waals surface area (Å²) in [6, 6.07) is 15.5. The number of halogens is 9. The average Bonchev–Trinajstić information content (AvgIpc) is 0.741. The number of aryl methyl sites for hydroxylation is 1. The maximum Gasteiger partial charge on any atom is 0.341 e. The van der Waals surface area contributed by atoms with Crippen molar-refractivity contribution in [3.8, 4) is 17.3 Å². The number of benzene rings is 5. The highest BCUT2D eigenvalue weighted by Gasteiger charge is 2.36. The Morgan fingerprint density at radius 1 is 0.485 bits per heavy atom. The Kier molecular flexibility index (Phi) is 27.8. The van der Waals surface area contributed by atoms with Crippen LogP contribution in [0.2, 0.25) is 5.02 Å². The molecule has 0 spiro atoms. The van der Waals surface area contributed by atoms with Crippen molar-refractivity contribution in [2.24, 2.45) is 0 Å². The van der Waals surface area contributed by atoms with Crippen molar-refractivity contribution in [1.29, 1.82) is 0 Å². The first-order chi connectivity index (χ1) is 63.8. The van der Waals surface area contributed by atoms with Gasteiger partial charge in [-0.15, -0.1) is 0 Å². The predicted octanol–water partition coefficient (Wildman–Crippen LogP) is 11.2. The van der Waals surface area contributed by atoms with Crippen LogP contribution >= 0.6 is 11.6 Å². The number of pyridine rings is 7. The van der Waals surface area contributed by atoms with Gasteiger partial charge in [-0.2, -0.15) is 0 Å². The lowest BCUT2D eigenvalue weighted by molar-refractivity contribution is 0.0693. The fourth-order valence-electron chi connectivity index (χ4n) is 17.4. The van der Waals surface area contributed by atoms with E-state index in [0.29, 0.717) is 109 Å². The number of aromatic nitrogens is 7. The zero-order chi connectivity index (χ0) is 96.2. The molecular formula is C95H98ClF8N17O13. The van der Waals surface area contributed by atoms with Gasteiger partial charge < -0.3 is 83.5 Å². The molecule has 704 valence electrons. The van der Waals surface area contributed by atoms with Crippen LogP contribution in [0.1, 0.15) is 125 Å². The molecule has 1 atom stereocenters. The van der Waals surface area contributed by atoms with Crippen molar-refractivity contribution in [1.82, 2.24) is 52.8 Å². The number of anilines is 6. The predicted molar refractivity (Wildman–Crippen MR) is 497 cm³/mol. The van der Waals surface area contributed by atoms with Crippen LogP contribution in [0, 0.1) is 46.5 Å². The minimum absolute atomic E-state index is 0.0337. The number of β-amino-alcohol motifs (C(OH)–C–C–N with tert-alkyl or cyclic N) is 1. The lowest BCUT2D eigenvalue weighted by atomic mass is 10.0. The Balaban J connectivity index is 0.000000128. The summed E-state index contributed by atoms with van der Waals surface area (Å²) in [5, 5.41) is 22.1. The van der Waals surface area contributed by atoms with E-state index in [0.717, 1.165) is 109 Å². The van der Waals surface area contributed by atoms with E-state index >= 15 is 4.39 Å². The van der Waals surface area contributed by atoms with Gasteiger partial charge in [0.05, 0.1) is 94.7 Å². The van der Waals surface area contributed by atoms with E-state index in [1.165, 1.54) is 80.7 Å². The first-order valence-electron chi connectivity index (χ1n) is 43.9. The van der Waals surface area contributed by atoms with Gasteiger partial charge in [-0.1, -0.05) is 18.5 Å². The minimum Gasteiger partial charge on any atom is -0.487 e. The lowest BCUT2D eigenvalue weighted by Gasteiger charge is -2.38.